The number of aryl methyl sites for hydroxylation is 1. The summed E-state index contributed by atoms with van der Waals surface area (Å²) >= 11 is 0. The summed E-state index contributed by atoms with van der Waals surface area (Å²) in [4.78, 5) is 27.3. The molecule has 0 aliphatic heterocycles. The van der Waals surface area contributed by atoms with Crippen LogP contribution in [0.3, 0.4) is 0 Å². The van der Waals surface area contributed by atoms with Gasteiger partial charge < -0.3 is 19.9 Å². The summed E-state index contributed by atoms with van der Waals surface area (Å²) in [5, 5.41) is 2.64. The van der Waals surface area contributed by atoms with E-state index in [2.05, 4.69) is 30.1 Å². The lowest BCUT2D eigenvalue weighted by Crippen LogP contribution is -2.38. The highest BCUT2D eigenvalue weighted by Gasteiger charge is 2.15. The van der Waals surface area contributed by atoms with Crippen LogP contribution >= 0.6 is 0 Å². The van der Waals surface area contributed by atoms with E-state index < -0.39 is 6.09 Å². The summed E-state index contributed by atoms with van der Waals surface area (Å²) in [6.07, 6.45) is -0.463. The molecule has 0 heterocycles. The van der Waals surface area contributed by atoms with E-state index in [9.17, 15) is 9.59 Å². The fourth-order valence-corrected chi connectivity index (χ4v) is 2.63. The Bertz CT molecular complexity index is 556. The highest BCUT2D eigenvalue weighted by Crippen LogP contribution is 2.25. The summed E-state index contributed by atoms with van der Waals surface area (Å²) < 4.78 is 4.82. The maximum atomic E-state index is 12.0. The van der Waals surface area contributed by atoms with Crippen LogP contribution in [0.1, 0.15) is 33.3 Å². The Hall–Kier alpha value is -2.24. The predicted molar refractivity (Wildman–Crippen MR) is 97.8 cm³/mol. The molecule has 0 aromatic heterocycles. The van der Waals surface area contributed by atoms with E-state index >= 15 is 0 Å². The molecule has 0 aliphatic carbocycles. The molecule has 2 amide bonds. The van der Waals surface area contributed by atoms with Gasteiger partial charge in [-0.25, -0.2) is 4.79 Å². The first-order chi connectivity index (χ1) is 11.4. The third-order valence-electron chi connectivity index (χ3n) is 3.86. The number of carbonyl (C=O) groups excluding carboxylic acids is 2. The van der Waals surface area contributed by atoms with Gasteiger partial charge in [0.15, 0.2) is 0 Å². The Morgan fingerprint density at radius 2 is 1.83 bits per heavy atom. The maximum absolute atomic E-state index is 12.0. The molecule has 0 saturated carbocycles. The van der Waals surface area contributed by atoms with Gasteiger partial charge in [0.25, 0.3) is 0 Å². The number of ether oxygens (including phenoxy) is 1. The molecule has 0 bridgehead atoms. The molecule has 1 aromatic carbocycles. The van der Waals surface area contributed by atoms with E-state index in [4.69, 9.17) is 4.74 Å². The number of carbonyl (C=O) groups is 2. The number of anilines is 2. The SMILES string of the molecule is CCOC(=O)NCCN(C(C)=O)c1ccc(N(CC)CC)cc1C. The number of hydrogen-bond acceptors (Lipinski definition) is 4. The van der Waals surface area contributed by atoms with Crippen LogP contribution in [0.2, 0.25) is 0 Å². The predicted octanol–water partition coefficient (Wildman–Crippen LogP) is 2.94. The summed E-state index contributed by atoms with van der Waals surface area (Å²) in [5.41, 5.74) is 3.05. The van der Waals surface area contributed by atoms with Crippen molar-refractivity contribution in [3.63, 3.8) is 0 Å². The Morgan fingerprint density at radius 3 is 2.33 bits per heavy atom. The first-order valence-corrected chi connectivity index (χ1v) is 8.48. The lowest BCUT2D eigenvalue weighted by atomic mass is 10.1. The van der Waals surface area contributed by atoms with E-state index in [1.807, 2.05) is 19.1 Å². The molecule has 6 nitrogen and oxygen atoms in total. The van der Waals surface area contributed by atoms with Crippen molar-refractivity contribution in [1.82, 2.24) is 5.32 Å². The van der Waals surface area contributed by atoms with Crippen molar-refractivity contribution in [2.24, 2.45) is 0 Å². The van der Waals surface area contributed by atoms with Gasteiger partial charge in [0.05, 0.1) is 6.61 Å². The van der Waals surface area contributed by atoms with Gasteiger partial charge in [-0.2, -0.15) is 0 Å². The highest BCUT2D eigenvalue weighted by molar-refractivity contribution is 5.92. The van der Waals surface area contributed by atoms with Gasteiger partial charge >= 0.3 is 6.09 Å². The van der Waals surface area contributed by atoms with Gasteiger partial charge in [-0.05, 0) is 51.5 Å². The second-order valence-corrected chi connectivity index (χ2v) is 5.46. The van der Waals surface area contributed by atoms with Crippen LogP contribution in [0.25, 0.3) is 0 Å². The van der Waals surface area contributed by atoms with E-state index in [0.29, 0.717) is 19.7 Å². The number of amides is 2. The number of alkyl carbamates (subject to hydrolysis) is 1. The summed E-state index contributed by atoms with van der Waals surface area (Å²) in [7, 11) is 0. The van der Waals surface area contributed by atoms with Gasteiger partial charge in [-0.15, -0.1) is 0 Å². The van der Waals surface area contributed by atoms with E-state index in [-0.39, 0.29) is 5.91 Å². The van der Waals surface area contributed by atoms with Gasteiger partial charge in [0.2, 0.25) is 5.91 Å². The maximum Gasteiger partial charge on any atom is 0.407 e. The summed E-state index contributed by atoms with van der Waals surface area (Å²) in [6, 6.07) is 6.09. The van der Waals surface area contributed by atoms with Crippen LogP contribution in [0, 0.1) is 6.92 Å². The molecule has 1 rings (SSSR count). The van der Waals surface area contributed by atoms with Crippen LogP contribution in [-0.4, -0.2) is 44.8 Å². The Balaban J connectivity index is 2.85. The second kappa shape index (κ2) is 9.80. The van der Waals surface area contributed by atoms with E-state index in [1.165, 1.54) is 6.92 Å². The molecule has 0 aliphatic rings. The van der Waals surface area contributed by atoms with E-state index in [1.54, 1.807) is 11.8 Å². The zero-order valence-electron chi connectivity index (χ0n) is 15.4. The number of benzene rings is 1. The van der Waals surface area contributed by atoms with Crippen molar-refractivity contribution >= 4 is 23.4 Å². The Labute approximate surface area is 144 Å². The fraction of sp³-hybridized carbons (Fsp3) is 0.556. The molecule has 134 valence electrons. The van der Waals surface area contributed by atoms with Crippen LogP contribution < -0.4 is 15.1 Å². The highest BCUT2D eigenvalue weighted by atomic mass is 16.5. The summed E-state index contributed by atoms with van der Waals surface area (Å²) in [6.45, 7) is 12.5. The monoisotopic (exact) mass is 335 g/mol. The van der Waals surface area contributed by atoms with Gasteiger partial charge in [0, 0.05) is 44.5 Å². The average Bonchev–Trinajstić information content (AvgIpc) is 2.53. The molecule has 0 fully saturated rings. The molecule has 24 heavy (non-hydrogen) atoms. The van der Waals surface area contributed by atoms with Gasteiger partial charge in [-0.3, -0.25) is 4.79 Å². The Morgan fingerprint density at radius 1 is 1.17 bits per heavy atom. The lowest BCUT2D eigenvalue weighted by Gasteiger charge is -2.26. The van der Waals surface area contributed by atoms with Crippen molar-refractivity contribution in [2.45, 2.75) is 34.6 Å². The first-order valence-electron chi connectivity index (χ1n) is 8.48. The molecule has 1 N–H and O–H groups in total. The average molecular weight is 335 g/mol. The molecule has 0 unspecified atom stereocenters. The molecule has 0 saturated heterocycles. The van der Waals surface area contributed by atoms with Crippen molar-refractivity contribution in [3.05, 3.63) is 23.8 Å². The minimum absolute atomic E-state index is 0.0562. The number of nitrogens with zero attached hydrogens (tertiary/aromatic N) is 2. The molecular weight excluding hydrogens is 306 g/mol. The molecule has 0 spiro atoms. The smallest absolute Gasteiger partial charge is 0.407 e. The van der Waals surface area contributed by atoms with Crippen LogP contribution in [-0.2, 0) is 9.53 Å². The topological polar surface area (TPSA) is 61.9 Å². The normalized spacial score (nSPS) is 10.2. The summed E-state index contributed by atoms with van der Waals surface area (Å²) in [5.74, 6) is -0.0562. The fourth-order valence-electron chi connectivity index (χ4n) is 2.63. The van der Waals surface area contributed by atoms with E-state index in [0.717, 1.165) is 30.0 Å². The molecule has 0 atom stereocenters. The Kier molecular flexibility index (Phi) is 8.09. The second-order valence-electron chi connectivity index (χ2n) is 5.46. The van der Waals surface area contributed by atoms with Crippen LogP contribution in [0.15, 0.2) is 18.2 Å². The van der Waals surface area contributed by atoms with Crippen molar-refractivity contribution in [3.8, 4) is 0 Å². The standard InChI is InChI=1S/C18H29N3O3/c1-6-20(7-2)16-9-10-17(14(4)13-16)21(15(5)22)12-11-19-18(23)24-8-3/h9-10,13H,6-8,11-12H2,1-5H3,(H,19,23). The largest absolute Gasteiger partial charge is 0.450 e. The molecule has 6 heteroatoms. The van der Waals surface area contributed by atoms with Crippen molar-refractivity contribution < 1.29 is 14.3 Å². The first kappa shape index (κ1) is 19.8. The minimum atomic E-state index is -0.463. The lowest BCUT2D eigenvalue weighted by molar-refractivity contribution is -0.116. The quantitative estimate of drug-likeness (QED) is 0.793. The number of rotatable bonds is 8. The van der Waals surface area contributed by atoms with Gasteiger partial charge in [0.1, 0.15) is 0 Å². The van der Waals surface area contributed by atoms with Gasteiger partial charge in [-0.1, -0.05) is 0 Å². The number of hydrogen-bond donors (Lipinski definition) is 1. The zero-order chi connectivity index (χ0) is 18.1. The third kappa shape index (κ3) is 5.44. The molecular formula is C18H29N3O3. The zero-order valence-corrected chi connectivity index (χ0v) is 15.4. The van der Waals surface area contributed by atoms with Crippen LogP contribution in [0.5, 0.6) is 0 Å². The molecule has 0 radical (unpaired) electrons. The number of nitrogens with one attached hydrogen (secondary N) is 1. The molecule has 1 aromatic rings. The minimum Gasteiger partial charge on any atom is -0.450 e. The van der Waals surface area contributed by atoms with Crippen LogP contribution in [0.4, 0.5) is 16.2 Å². The third-order valence-corrected chi connectivity index (χ3v) is 3.86. The van der Waals surface area contributed by atoms with Crippen molar-refractivity contribution in [2.75, 3.05) is 42.6 Å². The van der Waals surface area contributed by atoms with Crippen molar-refractivity contribution in [1.29, 1.82) is 0 Å².